The summed E-state index contributed by atoms with van der Waals surface area (Å²) in [5, 5.41) is 5.40. The third kappa shape index (κ3) is 6.08. The van der Waals surface area contributed by atoms with Crippen molar-refractivity contribution in [1.29, 1.82) is 0 Å². The molecule has 334 valence electrons. The van der Waals surface area contributed by atoms with Gasteiger partial charge in [-0.2, -0.15) is 0 Å². The minimum absolute atomic E-state index is 0.500. The molecule has 3 aliphatic rings. The Morgan fingerprint density at radius 1 is 0.310 bits per heavy atom. The van der Waals surface area contributed by atoms with E-state index in [2.05, 4.69) is 272 Å². The number of rotatable bonds is 8. The van der Waals surface area contributed by atoms with Crippen LogP contribution in [0.25, 0.3) is 33.4 Å². The lowest BCUT2D eigenvalue weighted by atomic mass is 9.70. The molecule has 0 N–H and O–H groups in total. The molecule has 3 nitrogen and oxygen atoms in total. The zero-order chi connectivity index (χ0) is 46.9. The Hall–Kier alpha value is -8.96. The Kier molecular flexibility index (Phi) is 9.45. The van der Waals surface area contributed by atoms with Crippen molar-refractivity contribution in [1.82, 2.24) is 0 Å². The summed E-state index contributed by atoms with van der Waals surface area (Å²) in [7, 11) is -2.68. The standard InChI is InChI=1S/C67H45NO2Si/c1-5-22-48(23-6-1)68(49-24-19-21-47(45-49)46-39-41-53(42-40-46)71(50-25-7-2-8-26-50,51-27-9-3-10-28-51)52-29-11-4-12-30-52)61-37-20-38-62-65(61)70-66-63(69-62)44-43-60-64(66)56-33-15-18-36-59(56)67(60)57-34-16-13-31-54(57)55-32-14-17-35-58(55)67/h1-45H. The average molecular weight is 924 g/mol. The smallest absolute Gasteiger partial charge is 0.194 e. The number of ether oxygens (including phenoxy) is 2. The SMILES string of the molecule is c1ccc(N(c2cccc(-c3ccc([Si](c4ccccc4)(c4ccccc4)c4ccccc4)cc3)c2)c2cccc3c2Oc2c(ccc4c2-c2ccccc2C42c4ccccc4-c4ccccc42)O3)cc1. The fourth-order valence-electron chi connectivity index (χ4n) is 12.2. The number of benzene rings is 11. The Labute approximate surface area is 415 Å². The molecule has 2 aliphatic carbocycles. The molecule has 0 fully saturated rings. The molecule has 0 saturated heterocycles. The molecule has 0 radical (unpaired) electrons. The fourth-order valence-corrected chi connectivity index (χ4v) is 16.9. The molecule has 1 aliphatic heterocycles. The maximum Gasteiger partial charge on any atom is 0.194 e. The predicted molar refractivity (Wildman–Crippen MR) is 293 cm³/mol. The van der Waals surface area contributed by atoms with Gasteiger partial charge < -0.3 is 14.4 Å². The van der Waals surface area contributed by atoms with Crippen LogP contribution in [0, 0.1) is 0 Å². The number of fused-ring (bicyclic) bond motifs is 13. The summed E-state index contributed by atoms with van der Waals surface area (Å²) in [5.74, 6) is 2.77. The Morgan fingerprint density at radius 3 is 1.39 bits per heavy atom. The first-order valence-corrected chi connectivity index (χ1v) is 26.4. The van der Waals surface area contributed by atoms with Gasteiger partial charge in [0, 0.05) is 16.9 Å². The van der Waals surface area contributed by atoms with Crippen LogP contribution in [0.15, 0.2) is 273 Å². The molecule has 0 atom stereocenters. The number of hydrogen-bond acceptors (Lipinski definition) is 3. The van der Waals surface area contributed by atoms with Crippen molar-refractivity contribution in [3.8, 4) is 56.4 Å². The highest BCUT2D eigenvalue weighted by Crippen LogP contribution is 2.67. The number of hydrogen-bond donors (Lipinski definition) is 0. The number of nitrogens with zero attached hydrogens (tertiary/aromatic N) is 1. The van der Waals surface area contributed by atoms with Gasteiger partial charge in [0.25, 0.3) is 0 Å². The van der Waals surface area contributed by atoms with Crippen LogP contribution in [0.2, 0.25) is 0 Å². The molecule has 11 aromatic rings. The van der Waals surface area contributed by atoms with Crippen molar-refractivity contribution >= 4 is 45.9 Å². The summed E-state index contributed by atoms with van der Waals surface area (Å²) >= 11 is 0. The van der Waals surface area contributed by atoms with E-state index in [9.17, 15) is 0 Å². The van der Waals surface area contributed by atoms with Crippen LogP contribution in [0.4, 0.5) is 17.1 Å². The number of para-hydroxylation sites is 2. The first-order valence-electron chi connectivity index (χ1n) is 24.4. The summed E-state index contributed by atoms with van der Waals surface area (Å²) in [6, 6.07) is 99.3. The Morgan fingerprint density at radius 2 is 0.789 bits per heavy atom. The van der Waals surface area contributed by atoms with Crippen molar-refractivity contribution in [2.45, 2.75) is 5.41 Å². The summed E-state index contributed by atoms with van der Waals surface area (Å²) in [6.45, 7) is 0. The summed E-state index contributed by atoms with van der Waals surface area (Å²) < 4.78 is 14.4. The van der Waals surface area contributed by atoms with Crippen LogP contribution in [-0.2, 0) is 5.41 Å². The second kappa shape index (κ2) is 16.3. The van der Waals surface area contributed by atoms with Gasteiger partial charge in [0.05, 0.1) is 11.1 Å². The molecule has 0 saturated carbocycles. The third-order valence-electron chi connectivity index (χ3n) is 15.1. The summed E-state index contributed by atoms with van der Waals surface area (Å²) in [4.78, 5) is 2.30. The molecule has 0 amide bonds. The van der Waals surface area contributed by atoms with E-state index in [-0.39, 0.29) is 0 Å². The molecule has 0 bridgehead atoms. The second-order valence-electron chi connectivity index (χ2n) is 18.7. The van der Waals surface area contributed by atoms with Gasteiger partial charge in [0.2, 0.25) is 0 Å². The molecule has 0 aromatic heterocycles. The van der Waals surface area contributed by atoms with Crippen LogP contribution in [0.1, 0.15) is 22.3 Å². The van der Waals surface area contributed by atoms with E-state index in [1.165, 1.54) is 54.1 Å². The lowest BCUT2D eigenvalue weighted by Gasteiger charge is -2.34. The molecule has 1 spiro atoms. The summed E-state index contributed by atoms with van der Waals surface area (Å²) in [6.07, 6.45) is 0. The fraction of sp³-hybridized carbons (Fsp3) is 0.0149. The van der Waals surface area contributed by atoms with E-state index in [4.69, 9.17) is 9.47 Å². The minimum Gasteiger partial charge on any atom is -0.449 e. The second-order valence-corrected chi connectivity index (χ2v) is 22.5. The molecule has 11 aromatic carbocycles. The van der Waals surface area contributed by atoms with Crippen molar-refractivity contribution < 1.29 is 9.47 Å². The Balaban J connectivity index is 0.891. The predicted octanol–water partition coefficient (Wildman–Crippen LogP) is 14.4. The quantitative estimate of drug-likeness (QED) is 0.112. The van der Waals surface area contributed by atoms with E-state index in [0.29, 0.717) is 17.2 Å². The van der Waals surface area contributed by atoms with Crippen molar-refractivity contribution in [3.05, 3.63) is 295 Å². The first-order chi connectivity index (χ1) is 35.2. The van der Waals surface area contributed by atoms with Gasteiger partial charge in [0.1, 0.15) is 0 Å². The lowest BCUT2D eigenvalue weighted by Crippen LogP contribution is -2.74. The maximum atomic E-state index is 7.42. The topological polar surface area (TPSA) is 21.7 Å². The van der Waals surface area contributed by atoms with Gasteiger partial charge in [0.15, 0.2) is 31.1 Å². The molecule has 0 unspecified atom stereocenters. The van der Waals surface area contributed by atoms with Gasteiger partial charge in [-0.25, -0.2) is 0 Å². The summed E-state index contributed by atoms with van der Waals surface area (Å²) in [5.41, 5.74) is 14.5. The van der Waals surface area contributed by atoms with Gasteiger partial charge in [-0.1, -0.05) is 231 Å². The Bertz CT molecular complexity index is 3680. The number of anilines is 3. The van der Waals surface area contributed by atoms with Crippen LogP contribution in [0.3, 0.4) is 0 Å². The van der Waals surface area contributed by atoms with Crippen LogP contribution in [0.5, 0.6) is 23.0 Å². The zero-order valence-corrected chi connectivity index (χ0v) is 39.7. The van der Waals surface area contributed by atoms with E-state index in [1.807, 2.05) is 6.07 Å². The molecular formula is C67H45NO2Si. The molecule has 4 heteroatoms. The van der Waals surface area contributed by atoms with Gasteiger partial charge in [-0.15, -0.1) is 0 Å². The third-order valence-corrected chi connectivity index (χ3v) is 19.9. The molecule has 71 heavy (non-hydrogen) atoms. The van der Waals surface area contributed by atoms with E-state index < -0.39 is 13.5 Å². The van der Waals surface area contributed by atoms with Crippen LogP contribution in [-0.4, -0.2) is 8.07 Å². The van der Waals surface area contributed by atoms with Crippen molar-refractivity contribution in [3.63, 3.8) is 0 Å². The largest absolute Gasteiger partial charge is 0.449 e. The van der Waals surface area contributed by atoms with Gasteiger partial charge in [-0.3, -0.25) is 0 Å². The van der Waals surface area contributed by atoms with Gasteiger partial charge >= 0.3 is 0 Å². The highest BCUT2D eigenvalue weighted by Gasteiger charge is 2.53. The minimum atomic E-state index is -2.68. The monoisotopic (exact) mass is 923 g/mol. The highest BCUT2D eigenvalue weighted by atomic mass is 28.3. The highest BCUT2D eigenvalue weighted by molar-refractivity contribution is 7.19. The average Bonchev–Trinajstić information content (AvgIpc) is 3.92. The van der Waals surface area contributed by atoms with Crippen molar-refractivity contribution in [2.75, 3.05) is 4.90 Å². The van der Waals surface area contributed by atoms with E-state index >= 15 is 0 Å². The van der Waals surface area contributed by atoms with Gasteiger partial charge in [-0.05, 0) is 113 Å². The normalized spacial score (nSPS) is 13.1. The molecule has 1 heterocycles. The molecule has 14 rings (SSSR count). The van der Waals surface area contributed by atoms with Crippen LogP contribution < -0.4 is 35.1 Å². The van der Waals surface area contributed by atoms with E-state index in [1.54, 1.807) is 0 Å². The van der Waals surface area contributed by atoms with Crippen molar-refractivity contribution in [2.24, 2.45) is 0 Å². The van der Waals surface area contributed by atoms with Crippen LogP contribution >= 0.6 is 0 Å². The first kappa shape index (κ1) is 41.0. The maximum absolute atomic E-state index is 7.42. The lowest BCUT2D eigenvalue weighted by molar-refractivity contribution is 0.361. The van der Waals surface area contributed by atoms with E-state index in [0.717, 1.165) is 45.1 Å². The zero-order valence-electron chi connectivity index (χ0n) is 38.7. The molecular weight excluding hydrogens is 879 g/mol.